The normalized spacial score (nSPS) is 10.3. The van der Waals surface area contributed by atoms with Crippen LogP contribution in [0.4, 0.5) is 11.4 Å². The fourth-order valence-corrected chi connectivity index (χ4v) is 2.48. The number of nitrogens with one attached hydrogen (secondary N) is 1. The molecule has 4 heteroatoms. The predicted octanol–water partition coefficient (Wildman–Crippen LogP) is 4.44. The minimum absolute atomic E-state index is 0.431. The molecule has 0 spiro atoms. The Labute approximate surface area is 127 Å². The Morgan fingerprint density at radius 2 is 1.89 bits per heavy atom. The van der Waals surface area contributed by atoms with Crippen molar-refractivity contribution >= 4 is 44.5 Å². The van der Waals surface area contributed by atoms with Crippen molar-refractivity contribution in [3.05, 3.63) is 57.6 Å². The summed E-state index contributed by atoms with van der Waals surface area (Å²) in [5.74, 6) is 0. The van der Waals surface area contributed by atoms with Gasteiger partial charge in [-0.3, -0.25) is 0 Å². The summed E-state index contributed by atoms with van der Waals surface area (Å²) in [5, 5.41) is 3.39. The van der Waals surface area contributed by atoms with E-state index in [2.05, 4.69) is 40.3 Å². The molecule has 98 valence electrons. The summed E-state index contributed by atoms with van der Waals surface area (Å²) in [6.07, 6.45) is 0. The van der Waals surface area contributed by atoms with Gasteiger partial charge in [0.2, 0.25) is 0 Å². The summed E-state index contributed by atoms with van der Waals surface area (Å²) in [4.78, 5) is 0.431. The SMILES string of the molecule is Cc1ccc(Br)c(Nc2ccc(C(N)=S)c(C)c2)c1. The van der Waals surface area contributed by atoms with Crippen LogP contribution in [0.1, 0.15) is 16.7 Å². The Morgan fingerprint density at radius 3 is 2.53 bits per heavy atom. The van der Waals surface area contributed by atoms with Crippen LogP contribution in [-0.4, -0.2) is 4.99 Å². The molecule has 0 aliphatic rings. The zero-order valence-electron chi connectivity index (χ0n) is 10.8. The number of aryl methyl sites for hydroxylation is 2. The first-order valence-corrected chi connectivity index (χ1v) is 7.11. The highest BCUT2D eigenvalue weighted by Gasteiger charge is 2.04. The molecule has 0 saturated heterocycles. The Morgan fingerprint density at radius 1 is 1.16 bits per heavy atom. The zero-order valence-corrected chi connectivity index (χ0v) is 13.2. The number of thiocarbonyl (C=S) groups is 1. The third-order valence-electron chi connectivity index (χ3n) is 2.89. The Kier molecular flexibility index (Phi) is 4.22. The van der Waals surface area contributed by atoms with Crippen molar-refractivity contribution in [1.29, 1.82) is 0 Å². The number of nitrogens with two attached hydrogens (primary N) is 1. The van der Waals surface area contributed by atoms with Crippen LogP contribution in [0.15, 0.2) is 40.9 Å². The summed E-state index contributed by atoms with van der Waals surface area (Å²) >= 11 is 8.55. The van der Waals surface area contributed by atoms with Crippen molar-refractivity contribution in [2.75, 3.05) is 5.32 Å². The molecular formula is C15H15BrN2S. The first-order chi connectivity index (χ1) is 8.97. The largest absolute Gasteiger partial charge is 0.389 e. The smallest absolute Gasteiger partial charge is 0.104 e. The number of benzene rings is 2. The van der Waals surface area contributed by atoms with Gasteiger partial charge in [-0.25, -0.2) is 0 Å². The van der Waals surface area contributed by atoms with Gasteiger partial charge >= 0.3 is 0 Å². The first kappa shape index (κ1) is 14.0. The molecule has 2 aromatic rings. The van der Waals surface area contributed by atoms with Crippen molar-refractivity contribution in [1.82, 2.24) is 0 Å². The van der Waals surface area contributed by atoms with Crippen molar-refractivity contribution in [2.24, 2.45) is 5.73 Å². The molecule has 0 radical (unpaired) electrons. The summed E-state index contributed by atoms with van der Waals surface area (Å²) in [6.45, 7) is 4.07. The molecule has 3 N–H and O–H groups in total. The number of halogens is 1. The van der Waals surface area contributed by atoms with Crippen molar-refractivity contribution in [3.8, 4) is 0 Å². The maximum absolute atomic E-state index is 5.66. The lowest BCUT2D eigenvalue weighted by atomic mass is 10.1. The van der Waals surface area contributed by atoms with Gasteiger partial charge in [0.05, 0.1) is 5.69 Å². The topological polar surface area (TPSA) is 38.0 Å². The number of hydrogen-bond acceptors (Lipinski definition) is 2. The number of rotatable bonds is 3. The van der Waals surface area contributed by atoms with E-state index in [1.54, 1.807) is 0 Å². The summed E-state index contributed by atoms with van der Waals surface area (Å²) in [7, 11) is 0. The molecule has 19 heavy (non-hydrogen) atoms. The van der Waals surface area contributed by atoms with Gasteiger partial charge in [0.1, 0.15) is 4.99 Å². The molecular weight excluding hydrogens is 320 g/mol. The molecule has 0 aliphatic carbocycles. The second-order valence-electron chi connectivity index (χ2n) is 4.50. The van der Waals surface area contributed by atoms with Crippen molar-refractivity contribution in [2.45, 2.75) is 13.8 Å². The third kappa shape index (κ3) is 3.33. The highest BCUT2D eigenvalue weighted by molar-refractivity contribution is 9.10. The highest BCUT2D eigenvalue weighted by atomic mass is 79.9. The van der Waals surface area contributed by atoms with Crippen LogP contribution >= 0.6 is 28.1 Å². The van der Waals surface area contributed by atoms with E-state index in [1.807, 2.05) is 31.2 Å². The van der Waals surface area contributed by atoms with Crippen molar-refractivity contribution in [3.63, 3.8) is 0 Å². The van der Waals surface area contributed by atoms with Gasteiger partial charge in [-0.05, 0) is 71.2 Å². The van der Waals surface area contributed by atoms with Gasteiger partial charge in [0.25, 0.3) is 0 Å². The molecule has 0 heterocycles. The lowest BCUT2D eigenvalue weighted by Crippen LogP contribution is -2.11. The van der Waals surface area contributed by atoms with Crippen LogP contribution < -0.4 is 11.1 Å². The second kappa shape index (κ2) is 5.72. The Hall–Kier alpha value is -1.39. The zero-order chi connectivity index (χ0) is 14.0. The van der Waals surface area contributed by atoms with Crippen LogP contribution in [0, 0.1) is 13.8 Å². The van der Waals surface area contributed by atoms with Gasteiger partial charge in [-0.2, -0.15) is 0 Å². The molecule has 0 amide bonds. The van der Waals surface area contributed by atoms with E-state index in [1.165, 1.54) is 5.56 Å². The average Bonchev–Trinajstić information content (AvgIpc) is 2.33. The summed E-state index contributed by atoms with van der Waals surface area (Å²) in [6, 6.07) is 12.2. The molecule has 0 saturated carbocycles. The summed E-state index contributed by atoms with van der Waals surface area (Å²) < 4.78 is 1.04. The standard InChI is InChI=1S/C15H15BrN2S/c1-9-3-6-13(16)14(7-9)18-11-4-5-12(15(17)19)10(2)8-11/h3-8,18H,1-2H3,(H2,17,19). The van der Waals surface area contributed by atoms with Gasteiger partial charge < -0.3 is 11.1 Å². The number of hydrogen-bond donors (Lipinski definition) is 2. The van der Waals surface area contributed by atoms with E-state index in [-0.39, 0.29) is 0 Å². The van der Waals surface area contributed by atoms with Crippen LogP contribution in [0.3, 0.4) is 0 Å². The van der Waals surface area contributed by atoms with Gasteiger partial charge in [0, 0.05) is 15.7 Å². The molecule has 0 unspecified atom stereocenters. The maximum atomic E-state index is 5.66. The Balaban J connectivity index is 2.31. The third-order valence-corrected chi connectivity index (χ3v) is 3.80. The van der Waals surface area contributed by atoms with Gasteiger partial charge in [0.15, 0.2) is 0 Å². The second-order valence-corrected chi connectivity index (χ2v) is 5.80. The Bertz CT molecular complexity index is 638. The van der Waals surface area contributed by atoms with Gasteiger partial charge in [-0.1, -0.05) is 18.3 Å². The molecule has 0 aliphatic heterocycles. The molecule has 0 aromatic heterocycles. The van der Waals surface area contributed by atoms with Crippen LogP contribution in [0.5, 0.6) is 0 Å². The van der Waals surface area contributed by atoms with E-state index in [9.17, 15) is 0 Å². The quantitative estimate of drug-likeness (QED) is 0.814. The van der Waals surface area contributed by atoms with E-state index in [4.69, 9.17) is 18.0 Å². The molecule has 0 bridgehead atoms. The molecule has 2 nitrogen and oxygen atoms in total. The van der Waals surface area contributed by atoms with Crippen LogP contribution in [0.25, 0.3) is 0 Å². The average molecular weight is 335 g/mol. The lowest BCUT2D eigenvalue weighted by molar-refractivity contribution is 1.40. The predicted molar refractivity (Wildman–Crippen MR) is 89.2 cm³/mol. The molecule has 2 aromatic carbocycles. The van der Waals surface area contributed by atoms with Gasteiger partial charge in [-0.15, -0.1) is 0 Å². The summed E-state index contributed by atoms with van der Waals surface area (Å²) in [5.41, 5.74) is 10.9. The molecule has 0 fully saturated rings. The minimum atomic E-state index is 0.431. The maximum Gasteiger partial charge on any atom is 0.104 e. The fourth-order valence-electron chi connectivity index (χ4n) is 1.91. The van der Waals surface area contributed by atoms with E-state index >= 15 is 0 Å². The highest BCUT2D eigenvalue weighted by Crippen LogP contribution is 2.27. The monoisotopic (exact) mass is 334 g/mol. The van der Waals surface area contributed by atoms with E-state index in [0.717, 1.165) is 27.0 Å². The van der Waals surface area contributed by atoms with Crippen LogP contribution in [0.2, 0.25) is 0 Å². The first-order valence-electron chi connectivity index (χ1n) is 5.91. The van der Waals surface area contributed by atoms with E-state index in [0.29, 0.717) is 4.99 Å². The molecule has 0 atom stereocenters. The lowest BCUT2D eigenvalue weighted by Gasteiger charge is -2.12. The van der Waals surface area contributed by atoms with Crippen molar-refractivity contribution < 1.29 is 0 Å². The number of anilines is 2. The van der Waals surface area contributed by atoms with Crippen LogP contribution in [-0.2, 0) is 0 Å². The van der Waals surface area contributed by atoms with E-state index < -0.39 is 0 Å². The molecule has 2 rings (SSSR count). The minimum Gasteiger partial charge on any atom is -0.389 e. The fraction of sp³-hybridized carbons (Fsp3) is 0.133.